The highest BCUT2D eigenvalue weighted by molar-refractivity contribution is 5.92. The third-order valence-corrected chi connectivity index (χ3v) is 6.61. The molecule has 2 aromatic rings. The van der Waals surface area contributed by atoms with Crippen LogP contribution < -0.4 is 10.6 Å². The molecule has 0 aromatic heterocycles. The average molecular weight is 562 g/mol. The van der Waals surface area contributed by atoms with E-state index in [2.05, 4.69) is 30.4 Å². The summed E-state index contributed by atoms with van der Waals surface area (Å²) in [6.45, 7) is 10.3. The molecule has 0 spiro atoms. The lowest BCUT2D eigenvalue weighted by molar-refractivity contribution is -0.142. The number of ether oxygens (including phenoxy) is 1. The van der Waals surface area contributed by atoms with Crippen molar-refractivity contribution < 1.29 is 19.1 Å². The minimum atomic E-state index is -0.956. The normalized spacial score (nSPS) is 12.5. The third kappa shape index (κ3) is 11.3. The molecule has 2 rings (SSSR count). The predicted octanol–water partition coefficient (Wildman–Crippen LogP) is 6.17. The standard InChI is InChI=1S/C34H47N3O4/c1-7-10-12-18-24-37(30(31(38)35-23-11-8-2)28-22-17-16-21-27(28)9-3)32(39)29(25-26-19-14-13-15-20-26)36-33(40)41-34(4,5)6/h3,13-17,19-22,29-30H,7-8,10-12,18,23-25H2,1-2,4-6H3,(H,35,38)(H,36,40). The number of nitrogens with one attached hydrogen (secondary N) is 2. The molecule has 0 fully saturated rings. The van der Waals surface area contributed by atoms with Gasteiger partial charge < -0.3 is 20.3 Å². The van der Waals surface area contributed by atoms with Crippen LogP contribution in [0.15, 0.2) is 54.6 Å². The van der Waals surface area contributed by atoms with Gasteiger partial charge >= 0.3 is 6.09 Å². The first-order chi connectivity index (χ1) is 19.6. The number of rotatable bonds is 15. The number of unbranched alkanes of at least 4 members (excludes halogenated alkanes) is 4. The van der Waals surface area contributed by atoms with Gasteiger partial charge in [0.15, 0.2) is 0 Å². The Morgan fingerprint density at radius 3 is 2.22 bits per heavy atom. The fourth-order valence-electron chi connectivity index (χ4n) is 4.58. The second kappa shape index (κ2) is 17.1. The zero-order valence-corrected chi connectivity index (χ0v) is 25.4. The second-order valence-corrected chi connectivity index (χ2v) is 11.3. The van der Waals surface area contributed by atoms with Gasteiger partial charge in [-0.2, -0.15) is 0 Å². The maximum atomic E-state index is 14.5. The molecular formula is C34H47N3O4. The average Bonchev–Trinajstić information content (AvgIpc) is 2.93. The summed E-state index contributed by atoms with van der Waals surface area (Å²) in [4.78, 5) is 42.8. The van der Waals surface area contributed by atoms with Gasteiger partial charge in [-0.25, -0.2) is 4.79 Å². The fraction of sp³-hybridized carbons (Fsp3) is 0.500. The van der Waals surface area contributed by atoms with E-state index in [0.717, 1.165) is 37.7 Å². The van der Waals surface area contributed by atoms with Gasteiger partial charge in [-0.1, -0.05) is 94.0 Å². The molecule has 0 radical (unpaired) electrons. The van der Waals surface area contributed by atoms with Gasteiger partial charge in [0.05, 0.1) is 0 Å². The van der Waals surface area contributed by atoms with E-state index in [1.807, 2.05) is 42.5 Å². The lowest BCUT2D eigenvalue weighted by Gasteiger charge is -2.35. The van der Waals surface area contributed by atoms with E-state index in [-0.39, 0.29) is 18.2 Å². The zero-order chi connectivity index (χ0) is 30.3. The Morgan fingerprint density at radius 2 is 1.59 bits per heavy atom. The number of carbonyl (C=O) groups is 3. The number of benzene rings is 2. The quantitative estimate of drug-likeness (QED) is 0.201. The highest BCUT2D eigenvalue weighted by atomic mass is 16.6. The van der Waals surface area contributed by atoms with Gasteiger partial charge in [-0.05, 0) is 50.8 Å². The number of carbonyl (C=O) groups excluding carboxylic acids is 3. The summed E-state index contributed by atoms with van der Waals surface area (Å²) in [6.07, 6.45) is 10.8. The number of amides is 3. The molecule has 0 bridgehead atoms. The van der Waals surface area contributed by atoms with Crippen LogP contribution in [0.3, 0.4) is 0 Å². The summed E-state index contributed by atoms with van der Waals surface area (Å²) < 4.78 is 5.52. The molecule has 3 amide bonds. The SMILES string of the molecule is C#Cc1ccccc1C(C(=O)NCCCC)N(CCCCCC)C(=O)C(Cc1ccccc1)NC(=O)OC(C)(C)C. The molecule has 222 valence electrons. The summed E-state index contributed by atoms with van der Waals surface area (Å²) in [5.41, 5.74) is 1.27. The smallest absolute Gasteiger partial charge is 0.408 e. The van der Waals surface area contributed by atoms with Crippen molar-refractivity contribution in [2.45, 2.75) is 97.2 Å². The van der Waals surface area contributed by atoms with Crippen LogP contribution in [-0.4, -0.2) is 47.5 Å². The largest absolute Gasteiger partial charge is 0.444 e. The minimum absolute atomic E-state index is 0.241. The Hall–Kier alpha value is -3.79. The Balaban J connectivity index is 2.58. The molecule has 2 N–H and O–H groups in total. The van der Waals surface area contributed by atoms with Crippen molar-refractivity contribution in [3.63, 3.8) is 0 Å². The molecule has 2 unspecified atom stereocenters. The minimum Gasteiger partial charge on any atom is -0.444 e. The van der Waals surface area contributed by atoms with Gasteiger partial charge in [0.2, 0.25) is 11.8 Å². The highest BCUT2D eigenvalue weighted by Crippen LogP contribution is 2.27. The molecule has 0 aliphatic rings. The first kappa shape index (κ1) is 33.4. The fourth-order valence-corrected chi connectivity index (χ4v) is 4.58. The Morgan fingerprint density at radius 1 is 0.927 bits per heavy atom. The molecule has 0 heterocycles. The van der Waals surface area contributed by atoms with Crippen LogP contribution in [0.5, 0.6) is 0 Å². The molecule has 0 saturated heterocycles. The topological polar surface area (TPSA) is 87.7 Å². The van der Waals surface area contributed by atoms with Crippen molar-refractivity contribution >= 4 is 17.9 Å². The van der Waals surface area contributed by atoms with Crippen molar-refractivity contribution in [2.75, 3.05) is 13.1 Å². The van der Waals surface area contributed by atoms with Crippen LogP contribution in [0, 0.1) is 12.3 Å². The van der Waals surface area contributed by atoms with Crippen LogP contribution in [0.2, 0.25) is 0 Å². The van der Waals surface area contributed by atoms with Crippen LogP contribution in [0.25, 0.3) is 0 Å². The zero-order valence-electron chi connectivity index (χ0n) is 25.4. The van der Waals surface area contributed by atoms with Crippen molar-refractivity contribution in [3.05, 3.63) is 71.3 Å². The van der Waals surface area contributed by atoms with Crippen molar-refractivity contribution in [2.24, 2.45) is 0 Å². The number of alkyl carbamates (subject to hydrolysis) is 1. The third-order valence-electron chi connectivity index (χ3n) is 6.61. The summed E-state index contributed by atoms with van der Waals surface area (Å²) >= 11 is 0. The molecule has 2 aromatic carbocycles. The molecule has 41 heavy (non-hydrogen) atoms. The van der Waals surface area contributed by atoms with Crippen LogP contribution >= 0.6 is 0 Å². The maximum Gasteiger partial charge on any atom is 0.408 e. The summed E-state index contributed by atoms with van der Waals surface area (Å²) in [5.74, 6) is 2.03. The van der Waals surface area contributed by atoms with Crippen molar-refractivity contribution in [1.82, 2.24) is 15.5 Å². The first-order valence-electron chi connectivity index (χ1n) is 14.8. The second-order valence-electron chi connectivity index (χ2n) is 11.3. The van der Waals surface area contributed by atoms with Gasteiger partial charge in [0.1, 0.15) is 17.7 Å². The monoisotopic (exact) mass is 561 g/mol. The molecular weight excluding hydrogens is 514 g/mol. The van der Waals surface area contributed by atoms with E-state index in [9.17, 15) is 14.4 Å². The molecule has 0 aliphatic carbocycles. The number of nitrogens with zero attached hydrogens (tertiary/aromatic N) is 1. The van der Waals surface area contributed by atoms with Crippen molar-refractivity contribution in [1.29, 1.82) is 0 Å². The number of terminal acetylenes is 1. The van der Waals surface area contributed by atoms with E-state index >= 15 is 0 Å². The van der Waals surface area contributed by atoms with E-state index in [4.69, 9.17) is 11.2 Å². The summed E-state index contributed by atoms with van der Waals surface area (Å²) in [5, 5.41) is 5.82. The highest BCUT2D eigenvalue weighted by Gasteiger charge is 2.37. The van der Waals surface area contributed by atoms with Gasteiger partial charge in [0, 0.05) is 25.1 Å². The maximum absolute atomic E-state index is 14.5. The molecule has 0 saturated carbocycles. The summed E-state index contributed by atoms with van der Waals surface area (Å²) in [7, 11) is 0. The molecule has 7 nitrogen and oxygen atoms in total. The summed E-state index contributed by atoms with van der Waals surface area (Å²) in [6, 6.07) is 14.8. The Labute approximate surface area is 246 Å². The van der Waals surface area contributed by atoms with Crippen LogP contribution in [-0.2, 0) is 20.7 Å². The lowest BCUT2D eigenvalue weighted by Crippen LogP contribution is -2.54. The number of hydrogen-bond acceptors (Lipinski definition) is 4. The Kier molecular flexibility index (Phi) is 14.0. The number of hydrogen-bond donors (Lipinski definition) is 2. The van der Waals surface area contributed by atoms with Crippen LogP contribution in [0.4, 0.5) is 4.79 Å². The van der Waals surface area contributed by atoms with Gasteiger partial charge in [0.25, 0.3) is 0 Å². The molecule has 2 atom stereocenters. The predicted molar refractivity (Wildman–Crippen MR) is 164 cm³/mol. The molecule has 7 heteroatoms. The van der Waals surface area contributed by atoms with E-state index in [1.165, 1.54) is 0 Å². The lowest BCUT2D eigenvalue weighted by atomic mass is 9.96. The van der Waals surface area contributed by atoms with Crippen LogP contribution in [0.1, 0.15) is 95.9 Å². The van der Waals surface area contributed by atoms with E-state index in [1.54, 1.807) is 37.8 Å². The van der Waals surface area contributed by atoms with Crippen molar-refractivity contribution in [3.8, 4) is 12.3 Å². The molecule has 0 aliphatic heterocycles. The van der Waals surface area contributed by atoms with Gasteiger partial charge in [-0.3, -0.25) is 9.59 Å². The Bertz CT molecular complexity index is 1150. The van der Waals surface area contributed by atoms with E-state index in [0.29, 0.717) is 30.6 Å². The van der Waals surface area contributed by atoms with E-state index < -0.39 is 23.8 Å². The van der Waals surface area contributed by atoms with Gasteiger partial charge in [-0.15, -0.1) is 6.42 Å². The first-order valence-corrected chi connectivity index (χ1v) is 14.8.